The lowest BCUT2D eigenvalue weighted by Gasteiger charge is -2.37. The van der Waals surface area contributed by atoms with Crippen LogP contribution < -0.4 is 5.32 Å². The van der Waals surface area contributed by atoms with Crippen LogP contribution in [0.1, 0.15) is 51.4 Å². The summed E-state index contributed by atoms with van der Waals surface area (Å²) in [5.41, 5.74) is 0.0363. The van der Waals surface area contributed by atoms with Crippen LogP contribution in [0.4, 0.5) is 0 Å². The molecule has 18 heavy (non-hydrogen) atoms. The van der Waals surface area contributed by atoms with Crippen molar-refractivity contribution in [3.8, 4) is 0 Å². The first-order valence-corrected chi connectivity index (χ1v) is 7.25. The van der Waals surface area contributed by atoms with Gasteiger partial charge in [-0.05, 0) is 31.1 Å². The van der Waals surface area contributed by atoms with Gasteiger partial charge in [0.2, 0.25) is 11.8 Å². The summed E-state index contributed by atoms with van der Waals surface area (Å²) in [4.78, 5) is 25.8. The van der Waals surface area contributed by atoms with E-state index < -0.39 is 0 Å². The van der Waals surface area contributed by atoms with E-state index >= 15 is 0 Å². The van der Waals surface area contributed by atoms with Gasteiger partial charge in [0.1, 0.15) is 0 Å². The van der Waals surface area contributed by atoms with E-state index in [1.54, 1.807) is 0 Å². The first kappa shape index (κ1) is 12.2. The summed E-state index contributed by atoms with van der Waals surface area (Å²) in [5, 5.41) is 3.36. The van der Waals surface area contributed by atoms with Gasteiger partial charge in [0.25, 0.3) is 0 Å². The minimum atomic E-state index is 0.0363. The Bertz CT molecular complexity index is 337. The Balaban J connectivity index is 1.55. The van der Waals surface area contributed by atoms with Crippen LogP contribution in [0.3, 0.4) is 0 Å². The summed E-state index contributed by atoms with van der Waals surface area (Å²) < 4.78 is 0. The Hall–Kier alpha value is -0.900. The third-order valence-corrected chi connectivity index (χ3v) is 4.66. The van der Waals surface area contributed by atoms with Gasteiger partial charge in [-0.3, -0.25) is 14.5 Å². The molecule has 100 valence electrons. The lowest BCUT2D eigenvalue weighted by molar-refractivity contribution is -0.153. The van der Waals surface area contributed by atoms with Crippen molar-refractivity contribution in [2.24, 2.45) is 5.41 Å². The van der Waals surface area contributed by atoms with Crippen LogP contribution >= 0.6 is 0 Å². The maximum absolute atomic E-state index is 12.1. The summed E-state index contributed by atoms with van der Waals surface area (Å²) >= 11 is 0. The summed E-state index contributed by atoms with van der Waals surface area (Å²) in [5.74, 6) is 0.122. The fraction of sp³-hybridized carbons (Fsp3) is 0.857. The minimum Gasteiger partial charge on any atom is -0.312 e. The highest BCUT2D eigenvalue weighted by Gasteiger charge is 2.44. The zero-order valence-corrected chi connectivity index (χ0v) is 10.9. The number of likely N-dealkylation sites (tertiary alicyclic amines) is 1. The third kappa shape index (κ3) is 2.44. The summed E-state index contributed by atoms with van der Waals surface area (Å²) in [6, 6.07) is 0.640. The van der Waals surface area contributed by atoms with Crippen LogP contribution in [0.25, 0.3) is 0 Å². The molecule has 1 aliphatic heterocycles. The highest BCUT2D eigenvalue weighted by Crippen LogP contribution is 2.46. The second-order valence-corrected chi connectivity index (χ2v) is 6.23. The van der Waals surface area contributed by atoms with E-state index in [1.165, 1.54) is 30.6 Å². The molecular formula is C14H22N2O2. The Morgan fingerprint density at radius 3 is 2.28 bits per heavy atom. The van der Waals surface area contributed by atoms with Crippen molar-refractivity contribution < 1.29 is 9.59 Å². The Morgan fingerprint density at radius 1 is 1.11 bits per heavy atom. The largest absolute Gasteiger partial charge is 0.312 e. The zero-order valence-electron chi connectivity index (χ0n) is 10.9. The zero-order chi connectivity index (χ0) is 12.6. The number of rotatable bonds is 4. The van der Waals surface area contributed by atoms with E-state index in [2.05, 4.69) is 5.32 Å². The molecule has 3 aliphatic rings. The number of hydrogen-bond acceptors (Lipinski definition) is 3. The number of imide groups is 1. The molecule has 1 saturated heterocycles. The molecule has 0 bridgehead atoms. The van der Waals surface area contributed by atoms with Crippen LogP contribution in [0.5, 0.6) is 0 Å². The summed E-state index contributed by atoms with van der Waals surface area (Å²) in [6.07, 6.45) is 8.19. The van der Waals surface area contributed by atoms with Crippen molar-refractivity contribution in [2.45, 2.75) is 57.4 Å². The molecule has 0 radical (unpaired) electrons. The molecule has 1 N–H and O–H groups in total. The fourth-order valence-electron chi connectivity index (χ4n) is 3.43. The van der Waals surface area contributed by atoms with Crippen LogP contribution in [0, 0.1) is 5.41 Å². The lowest BCUT2D eigenvalue weighted by atomic mass is 9.76. The maximum atomic E-state index is 12.1. The topological polar surface area (TPSA) is 49.4 Å². The average molecular weight is 250 g/mol. The van der Waals surface area contributed by atoms with E-state index in [0.717, 1.165) is 19.4 Å². The van der Waals surface area contributed by atoms with E-state index in [-0.39, 0.29) is 17.2 Å². The molecule has 0 aromatic heterocycles. The second kappa shape index (κ2) is 4.65. The Kier molecular flexibility index (Phi) is 3.14. The van der Waals surface area contributed by atoms with Crippen molar-refractivity contribution in [1.82, 2.24) is 10.2 Å². The predicted octanol–water partition coefficient (Wildman–Crippen LogP) is 1.45. The van der Waals surface area contributed by atoms with E-state index in [4.69, 9.17) is 0 Å². The van der Waals surface area contributed by atoms with Gasteiger partial charge in [0.15, 0.2) is 0 Å². The van der Waals surface area contributed by atoms with Crippen LogP contribution in [0.15, 0.2) is 0 Å². The van der Waals surface area contributed by atoms with Crippen LogP contribution in [0.2, 0.25) is 0 Å². The van der Waals surface area contributed by atoms with Gasteiger partial charge < -0.3 is 5.32 Å². The van der Waals surface area contributed by atoms with E-state index in [9.17, 15) is 9.59 Å². The first-order chi connectivity index (χ1) is 8.69. The highest BCUT2D eigenvalue weighted by atomic mass is 16.2. The predicted molar refractivity (Wildman–Crippen MR) is 67.9 cm³/mol. The molecule has 4 heteroatoms. The van der Waals surface area contributed by atoms with E-state index in [0.29, 0.717) is 25.4 Å². The quantitative estimate of drug-likeness (QED) is 0.768. The number of nitrogens with zero attached hydrogens (tertiary/aromatic N) is 1. The van der Waals surface area contributed by atoms with Gasteiger partial charge in [0, 0.05) is 32.0 Å². The number of piperidine rings is 1. The molecule has 0 atom stereocenters. The Morgan fingerprint density at radius 2 is 1.72 bits per heavy atom. The van der Waals surface area contributed by atoms with Gasteiger partial charge in [0.05, 0.1) is 0 Å². The van der Waals surface area contributed by atoms with Crippen molar-refractivity contribution in [3.05, 3.63) is 0 Å². The van der Waals surface area contributed by atoms with Crippen molar-refractivity contribution in [1.29, 1.82) is 0 Å². The van der Waals surface area contributed by atoms with E-state index in [1.807, 2.05) is 0 Å². The molecule has 1 heterocycles. The molecule has 2 aliphatic carbocycles. The van der Waals surface area contributed by atoms with Crippen molar-refractivity contribution >= 4 is 11.8 Å². The van der Waals surface area contributed by atoms with Gasteiger partial charge in [-0.15, -0.1) is 0 Å². The second-order valence-electron chi connectivity index (χ2n) is 6.23. The van der Waals surface area contributed by atoms with Gasteiger partial charge in [-0.25, -0.2) is 0 Å². The molecule has 1 spiro atoms. The van der Waals surface area contributed by atoms with Crippen LogP contribution in [-0.4, -0.2) is 35.8 Å². The molecule has 2 amide bonds. The standard InChI is InChI=1S/C14H22N2O2/c17-12-9-14(5-1-2-6-14)10-13(18)16(12)8-7-15-11-3-4-11/h11,15H,1-10H2. The average Bonchev–Trinajstić information content (AvgIpc) is 3.04. The molecular weight excluding hydrogens is 228 g/mol. The Labute approximate surface area is 108 Å². The smallest absolute Gasteiger partial charge is 0.229 e. The minimum absolute atomic E-state index is 0.0363. The summed E-state index contributed by atoms with van der Waals surface area (Å²) in [6.45, 7) is 1.32. The monoisotopic (exact) mass is 250 g/mol. The number of nitrogens with one attached hydrogen (secondary N) is 1. The SMILES string of the molecule is O=C1CC2(CCCC2)CC(=O)N1CCNC1CC1. The number of hydrogen-bond donors (Lipinski definition) is 1. The fourth-order valence-corrected chi connectivity index (χ4v) is 3.43. The highest BCUT2D eigenvalue weighted by molar-refractivity contribution is 5.98. The molecule has 2 saturated carbocycles. The number of amides is 2. The summed E-state index contributed by atoms with van der Waals surface area (Å²) in [7, 11) is 0. The normalized spacial score (nSPS) is 27.2. The molecule has 0 aromatic rings. The number of carbonyl (C=O) groups excluding carboxylic acids is 2. The molecule has 0 aromatic carbocycles. The molecule has 3 fully saturated rings. The molecule has 3 rings (SSSR count). The maximum Gasteiger partial charge on any atom is 0.229 e. The van der Waals surface area contributed by atoms with Gasteiger partial charge >= 0.3 is 0 Å². The van der Waals surface area contributed by atoms with Crippen molar-refractivity contribution in [3.63, 3.8) is 0 Å². The first-order valence-electron chi connectivity index (χ1n) is 7.25. The third-order valence-electron chi connectivity index (χ3n) is 4.66. The van der Waals surface area contributed by atoms with Crippen LogP contribution in [-0.2, 0) is 9.59 Å². The number of carbonyl (C=O) groups is 2. The van der Waals surface area contributed by atoms with Gasteiger partial charge in [-0.1, -0.05) is 12.8 Å². The lowest BCUT2D eigenvalue weighted by Crippen LogP contribution is -2.49. The van der Waals surface area contributed by atoms with Crippen molar-refractivity contribution in [2.75, 3.05) is 13.1 Å². The van der Waals surface area contributed by atoms with Gasteiger partial charge in [-0.2, -0.15) is 0 Å². The molecule has 0 unspecified atom stereocenters. The molecule has 4 nitrogen and oxygen atoms in total.